The van der Waals surface area contributed by atoms with Gasteiger partial charge in [-0.3, -0.25) is 4.90 Å². The highest BCUT2D eigenvalue weighted by Gasteiger charge is 2.38. The van der Waals surface area contributed by atoms with Gasteiger partial charge in [0.15, 0.2) is 9.84 Å². The Balaban J connectivity index is 1.65. The third-order valence-electron chi connectivity index (χ3n) is 10.5. The molecule has 65 heavy (non-hydrogen) atoms. The van der Waals surface area contributed by atoms with Gasteiger partial charge in [0.05, 0.1) is 44.1 Å². The molecule has 0 bridgehead atoms. The first-order valence-corrected chi connectivity index (χ1v) is 27.5. The van der Waals surface area contributed by atoms with Crippen LogP contribution in [0.2, 0.25) is 25.7 Å². The molecule has 0 atom stereocenters. The molecule has 19 heteroatoms. The summed E-state index contributed by atoms with van der Waals surface area (Å²) in [7, 11) is -6.51. The van der Waals surface area contributed by atoms with Crippen molar-refractivity contribution in [2.45, 2.75) is 81.4 Å². The minimum Gasteiger partial charge on any atom is -0.497 e. The van der Waals surface area contributed by atoms with Gasteiger partial charge in [0, 0.05) is 38.5 Å². The second kappa shape index (κ2) is 19.5. The molecule has 0 fully saturated rings. The largest absolute Gasteiger partial charge is 0.497 e. The maximum absolute atomic E-state index is 16.0. The normalized spacial score (nSPS) is 12.3. The minimum absolute atomic E-state index is 0.116. The van der Waals surface area contributed by atoms with E-state index < -0.39 is 49.4 Å². The molecule has 0 radical (unpaired) electrons. The zero-order chi connectivity index (χ0) is 47.3. The highest BCUT2D eigenvalue weighted by molar-refractivity contribution is 7.93. The van der Waals surface area contributed by atoms with Gasteiger partial charge < -0.3 is 19.3 Å². The van der Waals surface area contributed by atoms with Crippen molar-refractivity contribution in [2.75, 3.05) is 32.0 Å². The Morgan fingerprint density at radius 1 is 0.738 bits per heavy atom. The number of rotatable bonds is 18. The third kappa shape index (κ3) is 11.6. The van der Waals surface area contributed by atoms with E-state index >= 15 is 8.42 Å². The van der Waals surface area contributed by atoms with Gasteiger partial charge in [0.25, 0.3) is 0 Å². The number of sulfone groups is 1. The Morgan fingerprint density at radius 3 is 1.71 bits per heavy atom. The van der Waals surface area contributed by atoms with Crippen LogP contribution < -0.4 is 19.1 Å². The predicted octanol–water partition coefficient (Wildman–Crippen LogP) is 8.26. The van der Waals surface area contributed by atoms with Crippen LogP contribution in [0.4, 0.5) is 10.6 Å². The van der Waals surface area contributed by atoms with Gasteiger partial charge in [-0.1, -0.05) is 62.1 Å². The molecule has 0 spiro atoms. The molecule has 344 valence electrons. The molecule has 0 aliphatic heterocycles. The van der Waals surface area contributed by atoms with Crippen LogP contribution in [0.5, 0.6) is 17.2 Å². The van der Waals surface area contributed by atoms with Crippen LogP contribution >= 0.6 is 0 Å². The number of nitrogens with zero attached hydrogens (tertiary/aromatic N) is 7. The number of pyridine rings is 1. The summed E-state index contributed by atoms with van der Waals surface area (Å²) in [6, 6.07) is 27.4. The van der Waals surface area contributed by atoms with Gasteiger partial charge in [-0.25, -0.2) is 26.6 Å². The zero-order valence-electron chi connectivity index (χ0n) is 38.0. The van der Waals surface area contributed by atoms with Crippen molar-refractivity contribution in [1.82, 2.24) is 29.5 Å². The topological polar surface area (TPSA) is 196 Å². The van der Waals surface area contributed by atoms with Crippen LogP contribution in [0.1, 0.15) is 37.5 Å². The average Bonchev–Trinajstić information content (AvgIpc) is 3.73. The summed E-state index contributed by atoms with van der Waals surface area (Å²) in [4.78, 5) is 18.4. The molecule has 2 aromatic heterocycles. The first-order valence-electron chi connectivity index (χ1n) is 20.7. The third-order valence-corrected chi connectivity index (χ3v) is 16.4. The zero-order valence-corrected chi connectivity index (χ0v) is 40.6. The first kappa shape index (κ1) is 48.3. The average molecular weight is 942 g/mol. The van der Waals surface area contributed by atoms with Gasteiger partial charge in [0.2, 0.25) is 15.8 Å². The fourth-order valence-electron chi connectivity index (χ4n) is 7.01. The van der Waals surface area contributed by atoms with Gasteiger partial charge in [-0.15, -0.1) is 10.2 Å². The van der Waals surface area contributed by atoms with Crippen molar-refractivity contribution in [3.8, 4) is 39.8 Å². The Hall–Kier alpha value is -6.15. The SMILES string of the molecule is COc1ccc(CN(Cc2ccc(OC)cc2)S(=O)(=O)c2c(S(=O)(=O)CC[Si](C)(C)C)ccc(-c3ccc(N(C(=O)O)C(C)(C)C)nc3)c2-c2nnn(Cc3ccc(OC)cc3)n2)cc1. The lowest BCUT2D eigenvalue weighted by Crippen LogP contribution is -2.45. The van der Waals surface area contributed by atoms with E-state index in [0.29, 0.717) is 40.0 Å². The Labute approximate surface area is 381 Å². The molecular formula is C46H55N7O9S2Si. The van der Waals surface area contributed by atoms with Crippen molar-refractivity contribution in [2.24, 2.45) is 0 Å². The number of ether oxygens (including phenoxy) is 3. The van der Waals surface area contributed by atoms with Gasteiger partial charge in [0.1, 0.15) is 28.0 Å². The Kier molecular flexibility index (Phi) is 14.5. The molecule has 1 N–H and O–H groups in total. The van der Waals surface area contributed by atoms with E-state index in [4.69, 9.17) is 19.3 Å². The molecule has 1 amide bonds. The van der Waals surface area contributed by atoms with Crippen LogP contribution in [0.3, 0.4) is 0 Å². The maximum Gasteiger partial charge on any atom is 0.413 e. The highest BCUT2D eigenvalue weighted by Crippen LogP contribution is 2.42. The van der Waals surface area contributed by atoms with E-state index in [1.54, 1.807) is 94.6 Å². The molecule has 6 rings (SSSR count). The number of hydrogen-bond donors (Lipinski definition) is 1. The molecule has 0 unspecified atom stereocenters. The van der Waals surface area contributed by atoms with Crippen molar-refractivity contribution < 1.29 is 40.9 Å². The molecule has 2 heterocycles. The van der Waals surface area contributed by atoms with Gasteiger partial charge in [-0.2, -0.15) is 9.10 Å². The van der Waals surface area contributed by atoms with E-state index in [9.17, 15) is 18.3 Å². The predicted molar refractivity (Wildman–Crippen MR) is 251 cm³/mol. The Bertz CT molecular complexity index is 2780. The highest BCUT2D eigenvalue weighted by atomic mass is 32.2. The number of aromatic nitrogens is 5. The lowest BCUT2D eigenvalue weighted by Gasteiger charge is -2.32. The van der Waals surface area contributed by atoms with Crippen molar-refractivity contribution >= 4 is 39.8 Å². The summed E-state index contributed by atoms with van der Waals surface area (Å²) in [5, 5.41) is 23.6. The molecule has 6 aromatic rings. The van der Waals surface area contributed by atoms with Crippen LogP contribution in [0, 0.1) is 0 Å². The molecule has 0 aliphatic carbocycles. The van der Waals surface area contributed by atoms with Crippen molar-refractivity contribution in [3.63, 3.8) is 0 Å². The summed E-state index contributed by atoms with van der Waals surface area (Å²) < 4.78 is 78.8. The number of sulfonamides is 1. The lowest BCUT2D eigenvalue weighted by atomic mass is 10.00. The quantitative estimate of drug-likeness (QED) is 0.0810. The fourth-order valence-corrected chi connectivity index (χ4v) is 13.8. The van der Waals surface area contributed by atoms with E-state index in [0.717, 1.165) is 10.5 Å². The first-order chi connectivity index (χ1) is 30.6. The standard InChI is InChI=1S/C46H55N7O9S2Si/c1-46(2,3)53(45(54)55)41-25-16-35(28-47-41)39-23-24-40(63(56,57)26-27-65(7,8)9)43(42(39)44-48-50-52(49-44)31-34-14-21-38(62-6)22-15-34)64(58,59)51(29-32-10-17-36(60-4)18-11-32)30-33-12-19-37(61-5)20-13-33/h10-25,28H,26-27,29-31H2,1-9H3,(H,54,55). The number of carbonyl (C=O) groups is 1. The van der Waals surface area contributed by atoms with E-state index in [1.807, 2.05) is 31.8 Å². The van der Waals surface area contributed by atoms with Gasteiger partial charge in [-0.05, 0) is 109 Å². The number of amides is 1. The number of methoxy groups -OCH3 is 3. The van der Waals surface area contributed by atoms with E-state index in [1.165, 1.54) is 47.7 Å². The van der Waals surface area contributed by atoms with Crippen LogP contribution in [-0.4, -0.2) is 98.2 Å². The van der Waals surface area contributed by atoms with E-state index in [2.05, 4.69) is 15.3 Å². The molecule has 16 nitrogen and oxygen atoms in total. The minimum atomic E-state index is -4.85. The Morgan fingerprint density at radius 2 is 1.26 bits per heavy atom. The van der Waals surface area contributed by atoms with Crippen LogP contribution in [-0.2, 0) is 39.5 Å². The molecule has 0 saturated heterocycles. The van der Waals surface area contributed by atoms with Crippen molar-refractivity contribution in [1.29, 1.82) is 0 Å². The van der Waals surface area contributed by atoms with Crippen LogP contribution in [0.15, 0.2) is 113 Å². The van der Waals surface area contributed by atoms with Crippen LogP contribution in [0.25, 0.3) is 22.5 Å². The molecule has 4 aromatic carbocycles. The number of anilines is 1. The summed E-state index contributed by atoms with van der Waals surface area (Å²) in [5.41, 5.74) is 1.59. The smallest absolute Gasteiger partial charge is 0.413 e. The number of hydrogen-bond acceptors (Lipinski definition) is 12. The summed E-state index contributed by atoms with van der Waals surface area (Å²) in [6.07, 6.45) is 0.200. The maximum atomic E-state index is 16.0. The molecule has 0 aliphatic rings. The fraction of sp³-hybridized carbons (Fsp3) is 0.326. The molecule has 0 saturated carbocycles. The summed E-state index contributed by atoms with van der Waals surface area (Å²) in [5.74, 6) is 1.46. The van der Waals surface area contributed by atoms with E-state index in [-0.39, 0.29) is 48.2 Å². The monoisotopic (exact) mass is 941 g/mol. The number of benzene rings is 4. The second-order valence-corrected chi connectivity index (χ2v) is 27.2. The number of tetrazole rings is 1. The summed E-state index contributed by atoms with van der Waals surface area (Å²) >= 11 is 0. The van der Waals surface area contributed by atoms with Gasteiger partial charge >= 0.3 is 6.09 Å². The van der Waals surface area contributed by atoms with Crippen molar-refractivity contribution in [3.05, 3.63) is 120 Å². The second-order valence-electron chi connectivity index (χ2n) is 17.6. The lowest BCUT2D eigenvalue weighted by molar-refractivity contribution is 0.195. The summed E-state index contributed by atoms with van der Waals surface area (Å²) in [6.45, 7) is 11.2. The molecular weight excluding hydrogens is 887 g/mol. The number of carboxylic acid groups (broad SMARTS) is 1.